The number of nitrogens with one attached hydrogen (secondary N) is 2. The van der Waals surface area contributed by atoms with Crippen LogP contribution in [0.1, 0.15) is 38.8 Å². The van der Waals surface area contributed by atoms with Gasteiger partial charge in [0, 0.05) is 12.1 Å². The van der Waals surface area contributed by atoms with Gasteiger partial charge in [0.2, 0.25) is 5.91 Å². The van der Waals surface area contributed by atoms with E-state index in [1.54, 1.807) is 0 Å². The third-order valence-corrected chi connectivity index (χ3v) is 2.77. The Labute approximate surface area is 114 Å². The van der Waals surface area contributed by atoms with Crippen LogP contribution in [0.5, 0.6) is 0 Å². The molecule has 0 saturated heterocycles. The molecule has 0 fully saturated rings. The molecule has 1 amide bonds. The Morgan fingerprint density at radius 3 is 2.42 bits per heavy atom. The van der Waals surface area contributed by atoms with Crippen LogP contribution in [0.25, 0.3) is 0 Å². The second-order valence-electron chi connectivity index (χ2n) is 4.88. The van der Waals surface area contributed by atoms with Crippen molar-refractivity contribution in [3.63, 3.8) is 0 Å². The number of amides is 1. The Balaban J connectivity index is 2.69. The van der Waals surface area contributed by atoms with Crippen LogP contribution in [0.2, 0.25) is 0 Å². The van der Waals surface area contributed by atoms with Gasteiger partial charge in [-0.1, -0.05) is 30.3 Å². The van der Waals surface area contributed by atoms with Crippen LogP contribution in [0.3, 0.4) is 0 Å². The number of nitriles is 1. The molecule has 1 aromatic carbocycles. The van der Waals surface area contributed by atoms with Crippen LogP contribution in [-0.4, -0.2) is 18.0 Å². The van der Waals surface area contributed by atoms with Gasteiger partial charge in [-0.2, -0.15) is 5.26 Å². The minimum atomic E-state index is -0.332. The summed E-state index contributed by atoms with van der Waals surface area (Å²) < 4.78 is 0. The van der Waals surface area contributed by atoms with Crippen LogP contribution in [0.15, 0.2) is 30.3 Å². The molecular weight excluding hydrogens is 238 g/mol. The zero-order valence-electron chi connectivity index (χ0n) is 11.7. The maximum Gasteiger partial charge on any atom is 0.237 e. The quantitative estimate of drug-likeness (QED) is 0.822. The number of rotatable bonds is 6. The Morgan fingerprint density at radius 1 is 1.26 bits per heavy atom. The summed E-state index contributed by atoms with van der Waals surface area (Å²) in [4.78, 5) is 11.9. The number of carbonyl (C=O) groups is 1. The molecule has 0 aliphatic carbocycles. The molecule has 2 unspecified atom stereocenters. The number of benzene rings is 1. The Morgan fingerprint density at radius 2 is 1.89 bits per heavy atom. The molecule has 0 radical (unpaired) electrons. The third kappa shape index (κ3) is 5.11. The van der Waals surface area contributed by atoms with Crippen LogP contribution < -0.4 is 10.6 Å². The summed E-state index contributed by atoms with van der Waals surface area (Å²) in [5.41, 5.74) is 1.02. The van der Waals surface area contributed by atoms with Crippen LogP contribution in [-0.2, 0) is 4.79 Å². The van der Waals surface area contributed by atoms with Gasteiger partial charge in [-0.15, -0.1) is 0 Å². The molecule has 0 aromatic heterocycles. The number of hydrogen-bond donors (Lipinski definition) is 2. The number of hydrogen-bond acceptors (Lipinski definition) is 3. The molecule has 19 heavy (non-hydrogen) atoms. The lowest BCUT2D eigenvalue weighted by atomic mass is 10.0. The van der Waals surface area contributed by atoms with E-state index in [1.807, 2.05) is 51.1 Å². The maximum absolute atomic E-state index is 11.9. The molecule has 0 aliphatic heterocycles. The summed E-state index contributed by atoms with van der Waals surface area (Å²) >= 11 is 0. The second kappa shape index (κ2) is 7.55. The molecule has 0 heterocycles. The van der Waals surface area contributed by atoms with Crippen molar-refractivity contribution in [2.45, 2.75) is 45.3 Å². The third-order valence-electron chi connectivity index (χ3n) is 2.77. The summed E-state index contributed by atoms with van der Waals surface area (Å²) in [7, 11) is 0. The van der Waals surface area contributed by atoms with E-state index in [9.17, 15) is 4.79 Å². The minimum Gasteiger partial charge on any atom is -0.353 e. The number of carbonyl (C=O) groups excluding carboxylic acids is 1. The van der Waals surface area contributed by atoms with E-state index in [2.05, 4.69) is 16.7 Å². The highest BCUT2D eigenvalue weighted by Crippen LogP contribution is 2.16. The van der Waals surface area contributed by atoms with Crippen LogP contribution in [0, 0.1) is 11.3 Å². The highest BCUT2D eigenvalue weighted by Gasteiger charge is 2.19. The van der Waals surface area contributed by atoms with Gasteiger partial charge in [0.1, 0.15) is 0 Å². The highest BCUT2D eigenvalue weighted by atomic mass is 16.2. The highest BCUT2D eigenvalue weighted by molar-refractivity contribution is 5.81. The van der Waals surface area contributed by atoms with E-state index >= 15 is 0 Å². The first-order valence-electron chi connectivity index (χ1n) is 6.53. The average molecular weight is 259 g/mol. The smallest absolute Gasteiger partial charge is 0.237 e. The van der Waals surface area contributed by atoms with Gasteiger partial charge in [0.05, 0.1) is 18.5 Å². The molecule has 4 nitrogen and oxygen atoms in total. The zero-order chi connectivity index (χ0) is 14.3. The van der Waals surface area contributed by atoms with Gasteiger partial charge in [-0.05, 0) is 26.3 Å². The van der Waals surface area contributed by atoms with E-state index in [0.29, 0.717) is 6.42 Å². The monoisotopic (exact) mass is 259 g/mol. The fourth-order valence-electron chi connectivity index (χ4n) is 1.84. The molecule has 2 atom stereocenters. The largest absolute Gasteiger partial charge is 0.353 e. The Bertz CT molecular complexity index is 436. The predicted molar refractivity (Wildman–Crippen MR) is 75.3 cm³/mol. The summed E-state index contributed by atoms with van der Waals surface area (Å²) in [5.74, 6) is -0.0473. The molecule has 2 N–H and O–H groups in total. The first-order chi connectivity index (χ1) is 9.04. The number of nitrogens with zero attached hydrogens (tertiary/aromatic N) is 1. The predicted octanol–water partition coefficient (Wildman–Crippen LogP) is 2.14. The van der Waals surface area contributed by atoms with Crippen molar-refractivity contribution < 1.29 is 4.79 Å². The second-order valence-corrected chi connectivity index (χ2v) is 4.88. The summed E-state index contributed by atoms with van der Waals surface area (Å²) in [6, 6.07) is 11.5. The van der Waals surface area contributed by atoms with Crippen molar-refractivity contribution in [2.24, 2.45) is 0 Å². The molecule has 1 rings (SSSR count). The minimum absolute atomic E-state index is 0.0473. The lowest BCUT2D eigenvalue weighted by Gasteiger charge is -2.22. The van der Waals surface area contributed by atoms with E-state index in [4.69, 9.17) is 5.26 Å². The summed E-state index contributed by atoms with van der Waals surface area (Å²) in [5, 5.41) is 15.0. The van der Waals surface area contributed by atoms with Crippen LogP contribution in [0.4, 0.5) is 0 Å². The van der Waals surface area contributed by atoms with Crippen molar-refractivity contribution in [3.05, 3.63) is 35.9 Å². The van der Waals surface area contributed by atoms with E-state index < -0.39 is 0 Å². The first-order valence-corrected chi connectivity index (χ1v) is 6.53. The fourth-order valence-corrected chi connectivity index (χ4v) is 1.84. The zero-order valence-corrected chi connectivity index (χ0v) is 11.7. The topological polar surface area (TPSA) is 64.9 Å². The molecule has 0 spiro atoms. The van der Waals surface area contributed by atoms with E-state index in [-0.39, 0.29) is 24.0 Å². The van der Waals surface area contributed by atoms with Gasteiger partial charge in [0.15, 0.2) is 0 Å². The van der Waals surface area contributed by atoms with Crippen molar-refractivity contribution in [3.8, 4) is 6.07 Å². The molecule has 0 saturated carbocycles. The molecular formula is C15H21N3O. The van der Waals surface area contributed by atoms with Gasteiger partial charge in [0.25, 0.3) is 0 Å². The fraction of sp³-hybridized carbons (Fsp3) is 0.467. The normalized spacial score (nSPS) is 13.6. The van der Waals surface area contributed by atoms with Crippen molar-refractivity contribution in [1.29, 1.82) is 5.26 Å². The molecule has 102 valence electrons. The summed E-state index contributed by atoms with van der Waals surface area (Å²) in [6.45, 7) is 5.66. The Hall–Kier alpha value is -1.86. The van der Waals surface area contributed by atoms with Gasteiger partial charge >= 0.3 is 0 Å². The van der Waals surface area contributed by atoms with Crippen LogP contribution >= 0.6 is 0 Å². The molecule has 1 aromatic rings. The van der Waals surface area contributed by atoms with Crippen molar-refractivity contribution >= 4 is 5.91 Å². The maximum atomic E-state index is 11.9. The first kappa shape index (κ1) is 15.2. The Kier molecular flexibility index (Phi) is 6.04. The molecule has 0 bridgehead atoms. The lowest BCUT2D eigenvalue weighted by molar-refractivity contribution is -0.123. The molecule has 4 heteroatoms. The molecule has 0 aliphatic rings. The SMILES string of the molecule is CC(C)NC(=O)C(C)NC(CC#N)c1ccccc1. The summed E-state index contributed by atoms with van der Waals surface area (Å²) in [6.07, 6.45) is 0.337. The lowest BCUT2D eigenvalue weighted by Crippen LogP contribution is -2.45. The van der Waals surface area contributed by atoms with E-state index in [1.165, 1.54) is 0 Å². The van der Waals surface area contributed by atoms with Gasteiger partial charge in [-0.25, -0.2) is 0 Å². The van der Waals surface area contributed by atoms with Crippen molar-refractivity contribution in [2.75, 3.05) is 0 Å². The van der Waals surface area contributed by atoms with E-state index in [0.717, 1.165) is 5.56 Å². The van der Waals surface area contributed by atoms with Gasteiger partial charge in [-0.3, -0.25) is 10.1 Å². The van der Waals surface area contributed by atoms with Crippen molar-refractivity contribution in [1.82, 2.24) is 10.6 Å². The average Bonchev–Trinajstić information content (AvgIpc) is 2.38. The standard InChI is InChI=1S/C15H21N3O/c1-11(2)17-15(19)12(3)18-14(9-10-16)13-7-5-4-6-8-13/h4-8,11-12,14,18H,9H2,1-3H3,(H,17,19). The van der Waals surface area contributed by atoms with Gasteiger partial charge < -0.3 is 5.32 Å².